The van der Waals surface area contributed by atoms with Crippen molar-refractivity contribution in [2.45, 2.75) is 36.7 Å². The molecule has 3 atom stereocenters. The summed E-state index contributed by atoms with van der Waals surface area (Å²) in [5.41, 5.74) is -0.891. The summed E-state index contributed by atoms with van der Waals surface area (Å²) in [6.07, 6.45) is 2.25. The van der Waals surface area contributed by atoms with Crippen LogP contribution < -0.4 is 9.47 Å². The number of fused-ring (bicyclic) bond motifs is 3. The molecule has 5 nitrogen and oxygen atoms in total. The molecule has 116 valence electrons. The third-order valence-corrected chi connectivity index (χ3v) is 5.64. The van der Waals surface area contributed by atoms with Crippen LogP contribution in [0.1, 0.15) is 31.2 Å². The number of methoxy groups -OCH3 is 2. The van der Waals surface area contributed by atoms with E-state index in [2.05, 4.69) is 0 Å². The second kappa shape index (κ2) is 4.24. The molecule has 4 aliphatic rings. The van der Waals surface area contributed by atoms with Gasteiger partial charge in [0.05, 0.1) is 19.6 Å². The largest absolute Gasteiger partial charge is 0.496 e. The third kappa shape index (κ3) is 1.35. The topological polar surface area (TPSA) is 61.8 Å². The first kappa shape index (κ1) is 13.6. The molecule has 0 saturated heterocycles. The number of ether oxygens (including phenoxy) is 3. The summed E-state index contributed by atoms with van der Waals surface area (Å²) in [6, 6.07) is 5.54. The Bertz CT molecular complexity index is 682. The molecule has 1 heterocycles. The summed E-state index contributed by atoms with van der Waals surface area (Å²) >= 11 is 0. The van der Waals surface area contributed by atoms with Crippen LogP contribution in [0.15, 0.2) is 18.2 Å². The van der Waals surface area contributed by atoms with Gasteiger partial charge in [-0.15, -0.1) is 0 Å². The van der Waals surface area contributed by atoms with E-state index in [9.17, 15) is 9.59 Å². The van der Waals surface area contributed by atoms with E-state index in [1.807, 2.05) is 18.2 Å². The first-order chi connectivity index (χ1) is 10.6. The van der Waals surface area contributed by atoms with E-state index in [1.165, 1.54) is 7.11 Å². The van der Waals surface area contributed by atoms with Crippen LogP contribution in [0.3, 0.4) is 0 Å². The summed E-state index contributed by atoms with van der Waals surface area (Å²) in [4.78, 5) is 25.0. The minimum Gasteiger partial charge on any atom is -0.496 e. The van der Waals surface area contributed by atoms with Crippen molar-refractivity contribution in [1.29, 1.82) is 0 Å². The first-order valence-corrected chi connectivity index (χ1v) is 7.55. The summed E-state index contributed by atoms with van der Waals surface area (Å²) < 4.78 is 16.7. The molecule has 0 radical (unpaired) electrons. The maximum Gasteiger partial charge on any atom is 0.351 e. The fraction of sp³-hybridized carbons (Fsp3) is 0.529. The van der Waals surface area contributed by atoms with Crippen LogP contribution in [-0.2, 0) is 19.7 Å². The highest BCUT2D eigenvalue weighted by Crippen LogP contribution is 2.65. The number of benzene rings is 1. The van der Waals surface area contributed by atoms with Gasteiger partial charge < -0.3 is 14.2 Å². The van der Waals surface area contributed by atoms with Gasteiger partial charge in [-0.2, -0.15) is 0 Å². The Morgan fingerprint density at radius 1 is 1.36 bits per heavy atom. The molecule has 1 aromatic rings. The summed E-state index contributed by atoms with van der Waals surface area (Å²) in [5, 5.41) is 0. The molecule has 3 fully saturated rings. The SMILES string of the molecule is COC(=O)[C@@]12C[C@H]3CC[C@@]1(CC3=O)c1c(OC)cccc1O2. The number of Topliss-reactive ketones (excluding diaryl/α,β-unsaturated/α-hetero) is 1. The van der Waals surface area contributed by atoms with Crippen LogP contribution in [0.5, 0.6) is 11.5 Å². The van der Waals surface area contributed by atoms with E-state index < -0.39 is 11.0 Å². The average molecular weight is 302 g/mol. The quantitative estimate of drug-likeness (QED) is 0.782. The zero-order valence-corrected chi connectivity index (χ0v) is 12.7. The monoisotopic (exact) mass is 302 g/mol. The molecule has 0 aromatic heterocycles. The predicted molar refractivity (Wildman–Crippen MR) is 77.0 cm³/mol. The van der Waals surface area contributed by atoms with Gasteiger partial charge in [0, 0.05) is 24.3 Å². The normalized spacial score (nSPS) is 34.6. The van der Waals surface area contributed by atoms with Gasteiger partial charge in [0.15, 0.2) is 0 Å². The zero-order valence-electron chi connectivity index (χ0n) is 12.7. The Labute approximate surface area is 128 Å². The van der Waals surface area contributed by atoms with Gasteiger partial charge in [0.25, 0.3) is 0 Å². The molecule has 0 N–H and O–H groups in total. The number of hydrogen-bond acceptors (Lipinski definition) is 5. The van der Waals surface area contributed by atoms with Crippen molar-refractivity contribution in [1.82, 2.24) is 0 Å². The summed E-state index contributed by atoms with van der Waals surface area (Å²) in [7, 11) is 2.97. The molecule has 1 aliphatic heterocycles. The summed E-state index contributed by atoms with van der Waals surface area (Å²) in [5.74, 6) is 1.04. The molecule has 2 bridgehead atoms. The Morgan fingerprint density at radius 3 is 2.86 bits per heavy atom. The lowest BCUT2D eigenvalue weighted by Crippen LogP contribution is -2.66. The molecule has 1 spiro atoms. The van der Waals surface area contributed by atoms with Crippen molar-refractivity contribution in [3.05, 3.63) is 23.8 Å². The van der Waals surface area contributed by atoms with Crippen molar-refractivity contribution < 1.29 is 23.8 Å². The number of ketones is 1. The van der Waals surface area contributed by atoms with Crippen LogP contribution in [0.2, 0.25) is 0 Å². The average Bonchev–Trinajstić information content (AvgIpc) is 2.84. The van der Waals surface area contributed by atoms with E-state index >= 15 is 0 Å². The van der Waals surface area contributed by atoms with Gasteiger partial charge in [-0.3, -0.25) is 4.79 Å². The third-order valence-electron chi connectivity index (χ3n) is 5.64. The highest BCUT2D eigenvalue weighted by atomic mass is 16.6. The van der Waals surface area contributed by atoms with Crippen LogP contribution >= 0.6 is 0 Å². The van der Waals surface area contributed by atoms with Gasteiger partial charge in [-0.1, -0.05) is 6.07 Å². The number of carbonyl (C=O) groups is 2. The minimum atomic E-state index is -1.09. The summed E-state index contributed by atoms with van der Waals surface area (Å²) in [6.45, 7) is 0. The zero-order chi connectivity index (χ0) is 15.5. The highest BCUT2D eigenvalue weighted by molar-refractivity contribution is 5.94. The van der Waals surface area contributed by atoms with Gasteiger partial charge in [0.1, 0.15) is 17.3 Å². The Kier molecular flexibility index (Phi) is 2.63. The molecule has 5 heteroatoms. The van der Waals surface area contributed by atoms with Crippen molar-refractivity contribution in [3.63, 3.8) is 0 Å². The predicted octanol–water partition coefficient (Wildman–Crippen LogP) is 2.01. The van der Waals surface area contributed by atoms with Crippen LogP contribution in [0.25, 0.3) is 0 Å². The van der Waals surface area contributed by atoms with Crippen molar-refractivity contribution >= 4 is 11.8 Å². The Morgan fingerprint density at radius 2 is 2.18 bits per heavy atom. The van der Waals surface area contributed by atoms with E-state index in [1.54, 1.807) is 7.11 Å². The van der Waals surface area contributed by atoms with Crippen LogP contribution in [-0.4, -0.2) is 31.6 Å². The van der Waals surface area contributed by atoms with Gasteiger partial charge >= 0.3 is 5.97 Å². The number of rotatable bonds is 2. The fourth-order valence-electron chi connectivity index (χ4n) is 4.68. The highest BCUT2D eigenvalue weighted by Gasteiger charge is 2.72. The van der Waals surface area contributed by atoms with E-state index in [0.717, 1.165) is 18.4 Å². The van der Waals surface area contributed by atoms with Gasteiger partial charge in [0.2, 0.25) is 5.60 Å². The molecular formula is C17H18O5. The van der Waals surface area contributed by atoms with Gasteiger partial charge in [-0.05, 0) is 25.0 Å². The van der Waals surface area contributed by atoms with Gasteiger partial charge in [-0.25, -0.2) is 4.79 Å². The fourth-order valence-corrected chi connectivity index (χ4v) is 4.68. The smallest absolute Gasteiger partial charge is 0.351 e. The lowest BCUT2D eigenvalue weighted by Gasteiger charge is -2.52. The number of esters is 1. The van der Waals surface area contributed by atoms with Crippen LogP contribution in [0, 0.1) is 5.92 Å². The molecule has 0 amide bonds. The van der Waals surface area contributed by atoms with E-state index in [-0.39, 0.29) is 17.7 Å². The Balaban J connectivity index is 1.99. The van der Waals surface area contributed by atoms with Crippen LogP contribution in [0.4, 0.5) is 0 Å². The Hall–Kier alpha value is -2.04. The number of hydrogen-bond donors (Lipinski definition) is 0. The maximum absolute atomic E-state index is 12.6. The minimum absolute atomic E-state index is 0.110. The molecule has 1 aromatic carbocycles. The molecule has 5 rings (SSSR count). The van der Waals surface area contributed by atoms with E-state index in [0.29, 0.717) is 24.3 Å². The van der Waals surface area contributed by atoms with Crippen molar-refractivity contribution in [2.24, 2.45) is 5.92 Å². The second-order valence-electron chi connectivity index (χ2n) is 6.42. The van der Waals surface area contributed by atoms with E-state index in [4.69, 9.17) is 14.2 Å². The lowest BCUT2D eigenvalue weighted by molar-refractivity contribution is -0.177. The number of carbonyl (C=O) groups excluding carboxylic acids is 2. The standard InChI is InChI=1S/C17H18O5/c1-20-12-4-3-5-13-14(12)16-7-6-10(11(18)9-16)8-17(16,22-13)15(19)21-2/h3-5,10H,6-9H2,1-2H3/t10-,16-,17+/m1/s1. The van der Waals surface area contributed by atoms with Crippen molar-refractivity contribution in [3.8, 4) is 11.5 Å². The molecule has 22 heavy (non-hydrogen) atoms. The van der Waals surface area contributed by atoms with Crippen molar-refractivity contribution in [2.75, 3.05) is 14.2 Å². The lowest BCUT2D eigenvalue weighted by atomic mass is 9.50. The molecule has 3 aliphatic carbocycles. The molecular weight excluding hydrogens is 284 g/mol. The maximum atomic E-state index is 12.6. The first-order valence-electron chi connectivity index (χ1n) is 7.55. The molecule has 0 unspecified atom stereocenters. The second-order valence-corrected chi connectivity index (χ2v) is 6.42. The molecule has 3 saturated carbocycles.